The Morgan fingerprint density at radius 3 is 2.59 bits per heavy atom. The zero-order chi connectivity index (χ0) is 20.2. The van der Waals surface area contributed by atoms with E-state index in [2.05, 4.69) is 17.1 Å². The first-order valence-corrected chi connectivity index (χ1v) is 10.4. The van der Waals surface area contributed by atoms with Crippen LogP contribution in [0.25, 0.3) is 10.8 Å². The summed E-state index contributed by atoms with van der Waals surface area (Å²) < 4.78 is 5.88. The van der Waals surface area contributed by atoms with Gasteiger partial charge in [0.2, 0.25) is 0 Å². The van der Waals surface area contributed by atoms with Gasteiger partial charge in [0.05, 0.1) is 0 Å². The fourth-order valence-corrected chi connectivity index (χ4v) is 3.87. The highest BCUT2D eigenvalue weighted by molar-refractivity contribution is 7.80. The molecule has 4 rings (SSSR count). The van der Waals surface area contributed by atoms with Crippen LogP contribution in [0.5, 0.6) is 5.75 Å². The van der Waals surface area contributed by atoms with Gasteiger partial charge >= 0.3 is 0 Å². The van der Waals surface area contributed by atoms with Gasteiger partial charge in [0, 0.05) is 29.7 Å². The molecule has 1 aliphatic rings. The minimum Gasteiger partial charge on any atom is -0.432 e. The molecule has 1 heterocycles. The molecule has 1 amide bonds. The van der Waals surface area contributed by atoms with Crippen molar-refractivity contribution in [3.05, 3.63) is 72.3 Å². The number of benzene rings is 3. The highest BCUT2D eigenvalue weighted by Gasteiger charge is 2.19. The quantitative estimate of drug-likeness (QED) is 0.586. The standard InChI is InChI=1S/C24H24N2O2S/c1-17-12-14-26(15-13-17)24(29)28-20-9-4-8-19(16-20)23(27)25-22-11-5-7-18-6-2-3-10-21(18)22/h2-11,16-17H,12-15H2,1H3,(H,25,27). The highest BCUT2D eigenvalue weighted by Crippen LogP contribution is 2.24. The summed E-state index contributed by atoms with van der Waals surface area (Å²) in [5, 5.41) is 5.58. The van der Waals surface area contributed by atoms with Crippen molar-refractivity contribution < 1.29 is 9.53 Å². The molecule has 0 aromatic heterocycles. The predicted octanol–water partition coefficient (Wildman–Crippen LogP) is 5.49. The van der Waals surface area contributed by atoms with E-state index in [1.165, 1.54) is 0 Å². The maximum Gasteiger partial charge on any atom is 0.264 e. The summed E-state index contributed by atoms with van der Waals surface area (Å²) in [5.74, 6) is 1.14. The Morgan fingerprint density at radius 2 is 1.76 bits per heavy atom. The summed E-state index contributed by atoms with van der Waals surface area (Å²) in [4.78, 5) is 14.9. The third-order valence-corrected chi connectivity index (χ3v) is 5.72. The lowest BCUT2D eigenvalue weighted by Crippen LogP contribution is -2.39. The van der Waals surface area contributed by atoms with Crippen molar-refractivity contribution in [2.75, 3.05) is 18.4 Å². The number of likely N-dealkylation sites (tertiary alicyclic amines) is 1. The van der Waals surface area contributed by atoms with Gasteiger partial charge in [-0.15, -0.1) is 0 Å². The largest absolute Gasteiger partial charge is 0.432 e. The lowest BCUT2D eigenvalue weighted by molar-refractivity contribution is 0.102. The summed E-state index contributed by atoms with van der Waals surface area (Å²) in [5.41, 5.74) is 1.32. The Bertz CT molecular complexity index is 1040. The first-order valence-electron chi connectivity index (χ1n) is 9.96. The number of amides is 1. The first kappa shape index (κ1) is 19.4. The molecule has 0 saturated carbocycles. The number of thiocarbonyl (C=S) groups is 1. The van der Waals surface area contributed by atoms with Crippen molar-refractivity contribution in [2.24, 2.45) is 5.92 Å². The second-order valence-corrected chi connectivity index (χ2v) is 7.90. The number of rotatable bonds is 3. The average Bonchev–Trinajstić information content (AvgIpc) is 2.74. The van der Waals surface area contributed by atoms with E-state index in [9.17, 15) is 4.79 Å². The van der Waals surface area contributed by atoms with Gasteiger partial charge in [-0.1, -0.05) is 49.4 Å². The molecule has 5 heteroatoms. The molecule has 0 aliphatic carbocycles. The summed E-state index contributed by atoms with van der Waals surface area (Å²) in [6.07, 6.45) is 2.24. The van der Waals surface area contributed by atoms with Crippen LogP contribution in [-0.4, -0.2) is 29.1 Å². The number of nitrogens with zero attached hydrogens (tertiary/aromatic N) is 1. The first-order chi connectivity index (χ1) is 14.1. The molecule has 3 aromatic carbocycles. The van der Waals surface area contributed by atoms with E-state index in [0.717, 1.165) is 48.3 Å². The van der Waals surface area contributed by atoms with Crippen LogP contribution in [-0.2, 0) is 0 Å². The van der Waals surface area contributed by atoms with Crippen LogP contribution in [0.4, 0.5) is 5.69 Å². The lowest BCUT2D eigenvalue weighted by atomic mass is 10.00. The van der Waals surface area contributed by atoms with E-state index in [0.29, 0.717) is 16.5 Å². The zero-order valence-corrected chi connectivity index (χ0v) is 17.2. The van der Waals surface area contributed by atoms with Crippen LogP contribution in [0.2, 0.25) is 0 Å². The number of nitrogens with one attached hydrogen (secondary N) is 1. The number of ether oxygens (including phenoxy) is 1. The van der Waals surface area contributed by atoms with Gasteiger partial charge in [-0.3, -0.25) is 4.79 Å². The second-order valence-electron chi connectivity index (χ2n) is 7.55. The van der Waals surface area contributed by atoms with Crippen LogP contribution in [0.1, 0.15) is 30.1 Å². The minimum atomic E-state index is -0.176. The molecule has 0 spiro atoms. The summed E-state index contributed by atoms with van der Waals surface area (Å²) >= 11 is 5.46. The molecule has 4 nitrogen and oxygen atoms in total. The second kappa shape index (κ2) is 8.62. The molecule has 0 bridgehead atoms. The summed E-state index contributed by atoms with van der Waals surface area (Å²) in [6.45, 7) is 4.10. The van der Waals surface area contributed by atoms with Gasteiger partial charge < -0.3 is 15.0 Å². The summed E-state index contributed by atoms with van der Waals surface area (Å²) in [7, 11) is 0. The molecule has 1 saturated heterocycles. The molecular weight excluding hydrogens is 380 g/mol. The number of hydrogen-bond acceptors (Lipinski definition) is 3. The SMILES string of the molecule is CC1CCN(C(=S)Oc2cccc(C(=O)Nc3cccc4ccccc34)c2)CC1. The number of hydrogen-bond donors (Lipinski definition) is 1. The fraction of sp³-hybridized carbons (Fsp3) is 0.250. The maximum atomic E-state index is 12.8. The Labute approximate surface area is 176 Å². The molecule has 1 N–H and O–H groups in total. The molecular formula is C24H24N2O2S. The van der Waals surface area contributed by atoms with Gasteiger partial charge in [-0.25, -0.2) is 0 Å². The maximum absolute atomic E-state index is 12.8. The van der Waals surface area contributed by atoms with Crippen molar-refractivity contribution >= 4 is 39.8 Å². The minimum absolute atomic E-state index is 0.176. The van der Waals surface area contributed by atoms with E-state index in [-0.39, 0.29) is 5.91 Å². The van der Waals surface area contributed by atoms with Crippen molar-refractivity contribution in [3.8, 4) is 5.75 Å². The van der Waals surface area contributed by atoms with E-state index in [1.807, 2.05) is 54.6 Å². The molecule has 3 aromatic rings. The summed E-state index contributed by atoms with van der Waals surface area (Å²) in [6, 6.07) is 21.0. The van der Waals surface area contributed by atoms with Gasteiger partial charge in [0.15, 0.2) is 0 Å². The predicted molar refractivity (Wildman–Crippen MR) is 122 cm³/mol. The van der Waals surface area contributed by atoms with E-state index in [1.54, 1.807) is 12.1 Å². The highest BCUT2D eigenvalue weighted by atomic mass is 32.1. The fourth-order valence-electron chi connectivity index (χ4n) is 3.59. The molecule has 0 radical (unpaired) electrons. The number of fused-ring (bicyclic) bond motifs is 1. The van der Waals surface area contributed by atoms with E-state index < -0.39 is 0 Å². The molecule has 1 fully saturated rings. The van der Waals surface area contributed by atoms with Gasteiger partial charge in [0.1, 0.15) is 5.75 Å². The Hall–Kier alpha value is -2.92. The van der Waals surface area contributed by atoms with Crippen molar-refractivity contribution in [2.45, 2.75) is 19.8 Å². The number of piperidine rings is 1. The van der Waals surface area contributed by atoms with Crippen molar-refractivity contribution in [1.82, 2.24) is 4.90 Å². The molecule has 0 atom stereocenters. The Morgan fingerprint density at radius 1 is 1.03 bits per heavy atom. The number of carbonyl (C=O) groups is 1. The number of carbonyl (C=O) groups excluding carboxylic acids is 1. The normalized spacial score (nSPS) is 14.6. The van der Waals surface area contributed by atoms with Gasteiger partial charge in [-0.2, -0.15) is 0 Å². The van der Waals surface area contributed by atoms with Crippen LogP contribution in [0.3, 0.4) is 0 Å². The molecule has 148 valence electrons. The van der Waals surface area contributed by atoms with Crippen LogP contribution in [0.15, 0.2) is 66.7 Å². The number of anilines is 1. The van der Waals surface area contributed by atoms with Gasteiger partial charge in [0.25, 0.3) is 11.1 Å². The Kier molecular flexibility index (Phi) is 5.76. The van der Waals surface area contributed by atoms with Crippen molar-refractivity contribution in [3.63, 3.8) is 0 Å². The van der Waals surface area contributed by atoms with Crippen LogP contribution >= 0.6 is 12.2 Å². The van der Waals surface area contributed by atoms with Crippen LogP contribution < -0.4 is 10.1 Å². The van der Waals surface area contributed by atoms with Crippen molar-refractivity contribution in [1.29, 1.82) is 0 Å². The Balaban J connectivity index is 1.46. The third kappa shape index (κ3) is 4.57. The monoisotopic (exact) mass is 404 g/mol. The molecule has 1 aliphatic heterocycles. The lowest BCUT2D eigenvalue weighted by Gasteiger charge is -2.31. The molecule has 29 heavy (non-hydrogen) atoms. The van der Waals surface area contributed by atoms with Gasteiger partial charge in [-0.05, 0) is 60.6 Å². The zero-order valence-electron chi connectivity index (χ0n) is 16.4. The topological polar surface area (TPSA) is 41.6 Å². The third-order valence-electron chi connectivity index (χ3n) is 5.38. The van der Waals surface area contributed by atoms with E-state index >= 15 is 0 Å². The van der Waals surface area contributed by atoms with Crippen LogP contribution in [0, 0.1) is 5.92 Å². The average molecular weight is 405 g/mol. The smallest absolute Gasteiger partial charge is 0.264 e. The van der Waals surface area contributed by atoms with E-state index in [4.69, 9.17) is 17.0 Å². The molecule has 0 unspecified atom stereocenters.